The number of rotatable bonds is 9. The van der Waals surface area contributed by atoms with Gasteiger partial charge in [-0.15, -0.1) is 0 Å². The molecule has 1 heterocycles. The fraction of sp³-hybridized carbons (Fsp3) is 0.176. The molecule has 4 aromatic rings. The topological polar surface area (TPSA) is 67.9 Å². The van der Waals surface area contributed by atoms with Gasteiger partial charge in [0.05, 0.1) is 31.4 Å². The molecule has 208 valence electrons. The molecule has 7 heteroatoms. The van der Waals surface area contributed by atoms with Crippen LogP contribution in [0.5, 0.6) is 11.5 Å². The molecule has 0 fully saturated rings. The first-order valence-electron chi connectivity index (χ1n) is 13.4. The molecule has 1 aliphatic rings. The smallest absolute Gasteiger partial charge is 0.265 e. The molecule has 41 heavy (non-hydrogen) atoms. The average molecular weight is 565 g/mol. The standard InChI is InChI=1S/C34H32N2O4S/c1-23-8-4-5-9-27(23)22-36-28-10-6-7-11-31(28)41-32(34(36)38)21-24-12-15-26(16-13-24)33(37)35-19-18-25-14-17-29(39-2)30(20-25)40-3/h4-17,20-21H,18-19,22H2,1-3H3,(H,35,37). The lowest BCUT2D eigenvalue weighted by molar-refractivity contribution is -0.114. The number of aryl methyl sites for hydroxylation is 1. The summed E-state index contributed by atoms with van der Waals surface area (Å²) in [5.74, 6) is 1.16. The van der Waals surface area contributed by atoms with Gasteiger partial charge in [0.15, 0.2) is 11.5 Å². The Balaban J connectivity index is 1.26. The Labute approximate surface area is 245 Å². The van der Waals surface area contributed by atoms with Crippen molar-refractivity contribution in [3.8, 4) is 11.5 Å². The number of methoxy groups -OCH3 is 2. The summed E-state index contributed by atoms with van der Waals surface area (Å²) in [5, 5.41) is 2.97. The number of carbonyl (C=O) groups excluding carboxylic acids is 2. The molecular formula is C34H32N2O4S. The Morgan fingerprint density at radius 1 is 0.902 bits per heavy atom. The average Bonchev–Trinajstić information content (AvgIpc) is 3.00. The molecule has 0 aliphatic carbocycles. The lowest BCUT2D eigenvalue weighted by Gasteiger charge is -2.31. The van der Waals surface area contributed by atoms with Gasteiger partial charge in [-0.2, -0.15) is 0 Å². The number of nitrogens with one attached hydrogen (secondary N) is 1. The zero-order valence-electron chi connectivity index (χ0n) is 23.3. The van der Waals surface area contributed by atoms with Crippen LogP contribution in [0, 0.1) is 6.92 Å². The molecule has 4 aromatic carbocycles. The van der Waals surface area contributed by atoms with E-state index in [1.165, 1.54) is 11.8 Å². The number of hydrogen-bond acceptors (Lipinski definition) is 5. The molecule has 0 radical (unpaired) electrons. The van der Waals surface area contributed by atoms with Gasteiger partial charge in [0, 0.05) is 17.0 Å². The monoisotopic (exact) mass is 564 g/mol. The number of hydrogen-bond donors (Lipinski definition) is 1. The highest BCUT2D eigenvalue weighted by Crippen LogP contribution is 2.42. The zero-order chi connectivity index (χ0) is 28.8. The molecule has 1 aliphatic heterocycles. The Kier molecular flexibility index (Phi) is 8.75. The van der Waals surface area contributed by atoms with Gasteiger partial charge in [0.1, 0.15) is 0 Å². The van der Waals surface area contributed by atoms with Crippen molar-refractivity contribution in [2.75, 3.05) is 25.7 Å². The third kappa shape index (κ3) is 6.47. The van der Waals surface area contributed by atoms with E-state index in [0.717, 1.165) is 32.8 Å². The second-order valence-corrected chi connectivity index (χ2v) is 10.8. The Hall–Kier alpha value is -4.49. The van der Waals surface area contributed by atoms with Crippen LogP contribution in [0.25, 0.3) is 6.08 Å². The Morgan fingerprint density at radius 2 is 1.63 bits per heavy atom. The number of para-hydroxylation sites is 1. The maximum atomic E-state index is 13.7. The molecule has 0 atom stereocenters. The molecule has 0 saturated heterocycles. The molecule has 0 aromatic heterocycles. The normalized spacial score (nSPS) is 13.6. The van der Waals surface area contributed by atoms with E-state index in [9.17, 15) is 9.59 Å². The van der Waals surface area contributed by atoms with Gasteiger partial charge in [-0.3, -0.25) is 9.59 Å². The van der Waals surface area contributed by atoms with Crippen LogP contribution in [-0.2, 0) is 17.8 Å². The number of carbonyl (C=O) groups is 2. The Bertz CT molecular complexity index is 1600. The molecule has 1 N–H and O–H groups in total. The summed E-state index contributed by atoms with van der Waals surface area (Å²) >= 11 is 1.48. The van der Waals surface area contributed by atoms with Gasteiger partial charge < -0.3 is 19.7 Å². The van der Waals surface area contributed by atoms with Gasteiger partial charge in [-0.05, 0) is 78.1 Å². The summed E-state index contributed by atoms with van der Waals surface area (Å²) in [6.07, 6.45) is 2.56. The third-order valence-electron chi connectivity index (χ3n) is 7.04. The summed E-state index contributed by atoms with van der Waals surface area (Å²) in [5.41, 5.74) is 5.65. The first-order chi connectivity index (χ1) is 20.0. The zero-order valence-corrected chi connectivity index (χ0v) is 24.2. The predicted octanol–water partition coefficient (Wildman–Crippen LogP) is 6.66. The number of nitrogens with zero attached hydrogens (tertiary/aromatic N) is 1. The molecule has 0 saturated carbocycles. The van der Waals surface area contributed by atoms with Crippen molar-refractivity contribution in [3.05, 3.63) is 124 Å². The minimum Gasteiger partial charge on any atom is -0.493 e. The summed E-state index contributed by atoms with van der Waals surface area (Å²) in [6, 6.07) is 29.2. The van der Waals surface area contributed by atoms with Crippen molar-refractivity contribution in [2.24, 2.45) is 0 Å². The van der Waals surface area contributed by atoms with Gasteiger partial charge in [-0.25, -0.2) is 0 Å². The largest absolute Gasteiger partial charge is 0.493 e. The minimum absolute atomic E-state index is 0.0334. The van der Waals surface area contributed by atoms with Crippen molar-refractivity contribution in [1.82, 2.24) is 5.32 Å². The second-order valence-electron chi connectivity index (χ2n) is 9.71. The number of benzene rings is 4. The summed E-state index contributed by atoms with van der Waals surface area (Å²) < 4.78 is 10.6. The van der Waals surface area contributed by atoms with E-state index in [0.29, 0.717) is 41.5 Å². The van der Waals surface area contributed by atoms with E-state index < -0.39 is 0 Å². The molecule has 0 unspecified atom stereocenters. The second kappa shape index (κ2) is 12.8. The van der Waals surface area contributed by atoms with Crippen molar-refractivity contribution in [3.63, 3.8) is 0 Å². The highest BCUT2D eigenvalue weighted by Gasteiger charge is 2.29. The summed E-state index contributed by atoms with van der Waals surface area (Å²) in [4.78, 5) is 29.9. The number of amides is 2. The van der Waals surface area contributed by atoms with E-state index in [1.54, 1.807) is 26.4 Å². The highest BCUT2D eigenvalue weighted by molar-refractivity contribution is 8.04. The molecule has 2 amide bonds. The van der Waals surface area contributed by atoms with Gasteiger partial charge >= 0.3 is 0 Å². The number of fused-ring (bicyclic) bond motifs is 1. The van der Waals surface area contributed by atoms with E-state index in [1.807, 2.05) is 77.7 Å². The van der Waals surface area contributed by atoms with Crippen LogP contribution in [0.3, 0.4) is 0 Å². The number of thioether (sulfide) groups is 1. The van der Waals surface area contributed by atoms with Crippen LogP contribution in [0.1, 0.15) is 32.6 Å². The summed E-state index contributed by atoms with van der Waals surface area (Å²) in [7, 11) is 3.21. The van der Waals surface area contributed by atoms with Gasteiger partial charge in [0.25, 0.3) is 11.8 Å². The fourth-order valence-corrected chi connectivity index (χ4v) is 5.78. The molecule has 0 spiro atoms. The van der Waals surface area contributed by atoms with Crippen LogP contribution >= 0.6 is 11.8 Å². The molecule has 6 nitrogen and oxygen atoms in total. The quantitative estimate of drug-likeness (QED) is 0.230. The van der Waals surface area contributed by atoms with Crippen LogP contribution < -0.4 is 19.7 Å². The maximum Gasteiger partial charge on any atom is 0.265 e. The van der Waals surface area contributed by atoms with Crippen LogP contribution in [0.15, 0.2) is 101 Å². The van der Waals surface area contributed by atoms with Crippen molar-refractivity contribution >= 4 is 35.3 Å². The predicted molar refractivity (Wildman–Crippen MR) is 165 cm³/mol. The fourth-order valence-electron chi connectivity index (χ4n) is 4.72. The van der Waals surface area contributed by atoms with Crippen LogP contribution in [0.2, 0.25) is 0 Å². The minimum atomic E-state index is -0.147. The number of anilines is 1. The first kappa shape index (κ1) is 28.1. The van der Waals surface area contributed by atoms with Crippen LogP contribution in [0.4, 0.5) is 5.69 Å². The number of ether oxygens (including phenoxy) is 2. The highest BCUT2D eigenvalue weighted by atomic mass is 32.2. The Morgan fingerprint density at radius 3 is 2.39 bits per heavy atom. The summed E-state index contributed by atoms with van der Waals surface area (Å²) in [6.45, 7) is 3.05. The van der Waals surface area contributed by atoms with Crippen molar-refractivity contribution < 1.29 is 19.1 Å². The van der Waals surface area contributed by atoms with E-state index in [-0.39, 0.29) is 11.8 Å². The molecule has 0 bridgehead atoms. The van der Waals surface area contributed by atoms with E-state index in [2.05, 4.69) is 24.4 Å². The molecular weight excluding hydrogens is 532 g/mol. The van der Waals surface area contributed by atoms with Crippen LogP contribution in [-0.4, -0.2) is 32.6 Å². The van der Waals surface area contributed by atoms with Crippen molar-refractivity contribution in [1.29, 1.82) is 0 Å². The molecule has 5 rings (SSSR count). The van der Waals surface area contributed by atoms with E-state index in [4.69, 9.17) is 9.47 Å². The van der Waals surface area contributed by atoms with E-state index >= 15 is 0 Å². The van der Waals surface area contributed by atoms with Crippen molar-refractivity contribution in [2.45, 2.75) is 24.8 Å². The van der Waals surface area contributed by atoms with Gasteiger partial charge in [0.2, 0.25) is 0 Å². The van der Waals surface area contributed by atoms with Gasteiger partial charge in [-0.1, -0.05) is 66.4 Å². The lowest BCUT2D eigenvalue weighted by atomic mass is 10.1. The SMILES string of the molecule is COc1ccc(CCNC(=O)c2ccc(C=C3Sc4ccccc4N(Cc4ccccc4C)C3=O)cc2)cc1OC. The maximum absolute atomic E-state index is 13.7. The lowest BCUT2D eigenvalue weighted by Crippen LogP contribution is -2.33. The third-order valence-corrected chi connectivity index (χ3v) is 8.12. The first-order valence-corrected chi connectivity index (χ1v) is 14.2.